The van der Waals surface area contributed by atoms with Crippen molar-refractivity contribution in [3.8, 4) is 0 Å². The van der Waals surface area contributed by atoms with Crippen molar-refractivity contribution in [1.82, 2.24) is 25.1 Å². The molecule has 0 aliphatic heterocycles. The van der Waals surface area contributed by atoms with Crippen LogP contribution in [0, 0.1) is 6.92 Å². The van der Waals surface area contributed by atoms with Gasteiger partial charge in [0.15, 0.2) is 0 Å². The molecule has 0 aliphatic rings. The fourth-order valence-corrected chi connectivity index (χ4v) is 2.25. The first-order valence-electron chi connectivity index (χ1n) is 6.81. The van der Waals surface area contributed by atoms with Crippen LogP contribution in [0.1, 0.15) is 17.1 Å². The van der Waals surface area contributed by atoms with Gasteiger partial charge in [0, 0.05) is 24.8 Å². The van der Waals surface area contributed by atoms with Crippen LogP contribution < -0.4 is 10.9 Å². The van der Waals surface area contributed by atoms with E-state index in [1.807, 2.05) is 43.0 Å². The highest BCUT2D eigenvalue weighted by molar-refractivity contribution is 5.77. The summed E-state index contributed by atoms with van der Waals surface area (Å²) in [5, 5.41) is 8.09. The van der Waals surface area contributed by atoms with Gasteiger partial charge < -0.3 is 10.3 Å². The minimum atomic E-state index is -0.102. The van der Waals surface area contributed by atoms with Gasteiger partial charge in [0.05, 0.1) is 23.6 Å². The van der Waals surface area contributed by atoms with Crippen molar-refractivity contribution in [2.75, 3.05) is 0 Å². The molecule has 0 bridgehead atoms. The zero-order valence-corrected chi connectivity index (χ0v) is 12.1. The Bertz CT molecular complexity index is 833. The second kappa shape index (κ2) is 5.49. The summed E-state index contributed by atoms with van der Waals surface area (Å²) in [5.41, 5.74) is 2.88. The van der Waals surface area contributed by atoms with Crippen molar-refractivity contribution in [1.29, 1.82) is 0 Å². The van der Waals surface area contributed by atoms with Crippen LogP contribution in [-0.2, 0) is 20.1 Å². The first kappa shape index (κ1) is 13.5. The van der Waals surface area contributed by atoms with Crippen molar-refractivity contribution in [3.05, 3.63) is 57.9 Å². The number of hydrogen-bond donors (Lipinski definition) is 2. The number of nitrogens with one attached hydrogen (secondary N) is 2. The van der Waals surface area contributed by atoms with Crippen molar-refractivity contribution >= 4 is 10.9 Å². The lowest BCUT2D eigenvalue weighted by atomic mass is 10.2. The summed E-state index contributed by atoms with van der Waals surface area (Å²) in [4.78, 5) is 19.2. The number of H-pyrrole nitrogens is 1. The highest BCUT2D eigenvalue weighted by Crippen LogP contribution is 2.07. The third-order valence-electron chi connectivity index (χ3n) is 3.61. The Balaban J connectivity index is 1.74. The molecule has 21 heavy (non-hydrogen) atoms. The zero-order valence-electron chi connectivity index (χ0n) is 12.1. The minimum Gasteiger partial charge on any atom is -0.309 e. The minimum absolute atomic E-state index is 0.102. The van der Waals surface area contributed by atoms with E-state index in [2.05, 4.69) is 20.4 Å². The van der Waals surface area contributed by atoms with Gasteiger partial charge in [-0.1, -0.05) is 12.1 Å². The summed E-state index contributed by atoms with van der Waals surface area (Å²) < 4.78 is 1.84. The molecule has 0 aliphatic carbocycles. The van der Waals surface area contributed by atoms with Crippen LogP contribution in [0.3, 0.4) is 0 Å². The Hall–Kier alpha value is -2.47. The molecule has 6 nitrogen and oxygen atoms in total. The first-order chi connectivity index (χ1) is 10.1. The molecule has 0 radical (unpaired) electrons. The molecular weight excluding hydrogens is 266 g/mol. The Labute approximate surface area is 121 Å². The Morgan fingerprint density at radius 1 is 1.29 bits per heavy atom. The number of aryl methyl sites for hydroxylation is 1. The molecule has 2 N–H and O–H groups in total. The monoisotopic (exact) mass is 283 g/mol. The predicted octanol–water partition coefficient (Wildman–Crippen LogP) is 1.25. The zero-order chi connectivity index (χ0) is 14.8. The second-order valence-corrected chi connectivity index (χ2v) is 5.01. The summed E-state index contributed by atoms with van der Waals surface area (Å²) in [6, 6.07) is 7.34. The van der Waals surface area contributed by atoms with Crippen LogP contribution in [0.5, 0.6) is 0 Å². The fraction of sp³-hybridized carbons (Fsp3) is 0.267. The Morgan fingerprint density at radius 2 is 2.10 bits per heavy atom. The molecule has 0 unspecified atom stereocenters. The van der Waals surface area contributed by atoms with E-state index in [1.54, 1.807) is 6.07 Å². The number of hydrogen-bond acceptors (Lipinski definition) is 4. The van der Waals surface area contributed by atoms with Gasteiger partial charge in [-0.25, -0.2) is 4.98 Å². The molecule has 3 rings (SSSR count). The number of aromatic nitrogens is 4. The van der Waals surface area contributed by atoms with Gasteiger partial charge >= 0.3 is 0 Å². The number of fused-ring (bicyclic) bond motifs is 1. The largest absolute Gasteiger partial charge is 0.309 e. The number of para-hydroxylation sites is 1. The summed E-state index contributed by atoms with van der Waals surface area (Å²) in [7, 11) is 1.92. The lowest BCUT2D eigenvalue weighted by Gasteiger charge is -2.05. The number of nitrogens with zero attached hydrogens (tertiary/aromatic N) is 3. The summed E-state index contributed by atoms with van der Waals surface area (Å²) in [5.74, 6) is 0.639. The van der Waals surface area contributed by atoms with Crippen LogP contribution in [0.15, 0.2) is 35.3 Å². The number of aromatic amines is 1. The molecule has 2 heterocycles. The standard InChI is InChI=1S/C15H17N5O/c1-10-11(8-17-20(10)2)7-16-9-14-18-13-6-4-3-5-12(13)15(21)19-14/h3-6,8,16H,7,9H2,1-2H3,(H,18,19,21). The van der Waals surface area contributed by atoms with Crippen molar-refractivity contribution < 1.29 is 0 Å². The maximum Gasteiger partial charge on any atom is 0.258 e. The van der Waals surface area contributed by atoms with E-state index < -0.39 is 0 Å². The average molecular weight is 283 g/mol. The molecule has 0 spiro atoms. The fourth-order valence-electron chi connectivity index (χ4n) is 2.25. The van der Waals surface area contributed by atoms with Gasteiger partial charge in [-0.3, -0.25) is 9.48 Å². The van der Waals surface area contributed by atoms with Gasteiger partial charge in [-0.2, -0.15) is 5.10 Å². The molecule has 0 amide bonds. The molecular formula is C15H17N5O. The van der Waals surface area contributed by atoms with E-state index >= 15 is 0 Å². The molecule has 3 aromatic rings. The molecule has 0 saturated carbocycles. The normalized spacial score (nSPS) is 11.1. The van der Waals surface area contributed by atoms with Gasteiger partial charge in [0.25, 0.3) is 5.56 Å². The SMILES string of the molecule is Cc1c(CNCc2nc3ccccc3c(=O)[nH]2)cnn1C. The molecule has 0 fully saturated rings. The van der Waals surface area contributed by atoms with Crippen LogP contribution in [0.25, 0.3) is 10.9 Å². The Kier molecular flexibility index (Phi) is 3.53. The molecule has 0 atom stereocenters. The van der Waals surface area contributed by atoms with Crippen LogP contribution in [0.2, 0.25) is 0 Å². The number of benzene rings is 1. The molecule has 2 aromatic heterocycles. The van der Waals surface area contributed by atoms with Gasteiger partial charge in [0.1, 0.15) is 5.82 Å². The summed E-state index contributed by atoms with van der Waals surface area (Å²) in [6.07, 6.45) is 1.85. The van der Waals surface area contributed by atoms with E-state index in [0.29, 0.717) is 24.3 Å². The Morgan fingerprint density at radius 3 is 2.86 bits per heavy atom. The average Bonchev–Trinajstić information content (AvgIpc) is 2.79. The highest BCUT2D eigenvalue weighted by atomic mass is 16.1. The number of rotatable bonds is 4. The van der Waals surface area contributed by atoms with E-state index in [9.17, 15) is 4.79 Å². The quantitative estimate of drug-likeness (QED) is 0.755. The van der Waals surface area contributed by atoms with E-state index in [0.717, 1.165) is 16.8 Å². The third-order valence-corrected chi connectivity index (χ3v) is 3.61. The van der Waals surface area contributed by atoms with Crippen molar-refractivity contribution in [3.63, 3.8) is 0 Å². The molecule has 1 aromatic carbocycles. The van der Waals surface area contributed by atoms with Crippen LogP contribution in [0.4, 0.5) is 0 Å². The summed E-state index contributed by atoms with van der Waals surface area (Å²) in [6.45, 7) is 3.23. The van der Waals surface area contributed by atoms with Crippen molar-refractivity contribution in [2.45, 2.75) is 20.0 Å². The molecule has 0 saturated heterocycles. The van der Waals surface area contributed by atoms with Crippen LogP contribution in [-0.4, -0.2) is 19.7 Å². The van der Waals surface area contributed by atoms with Gasteiger partial charge in [-0.15, -0.1) is 0 Å². The first-order valence-corrected chi connectivity index (χ1v) is 6.81. The third kappa shape index (κ3) is 2.71. The smallest absolute Gasteiger partial charge is 0.258 e. The van der Waals surface area contributed by atoms with E-state index in [1.165, 1.54) is 0 Å². The van der Waals surface area contributed by atoms with Gasteiger partial charge in [0.2, 0.25) is 0 Å². The second-order valence-electron chi connectivity index (χ2n) is 5.01. The van der Waals surface area contributed by atoms with Crippen molar-refractivity contribution in [2.24, 2.45) is 7.05 Å². The maximum atomic E-state index is 12.0. The lowest BCUT2D eigenvalue weighted by molar-refractivity contribution is 0.658. The summed E-state index contributed by atoms with van der Waals surface area (Å²) >= 11 is 0. The highest BCUT2D eigenvalue weighted by Gasteiger charge is 2.05. The van der Waals surface area contributed by atoms with Crippen LogP contribution >= 0.6 is 0 Å². The van der Waals surface area contributed by atoms with Gasteiger partial charge in [-0.05, 0) is 19.1 Å². The van der Waals surface area contributed by atoms with E-state index in [-0.39, 0.29) is 5.56 Å². The molecule has 6 heteroatoms. The van der Waals surface area contributed by atoms with E-state index in [4.69, 9.17) is 0 Å². The predicted molar refractivity (Wildman–Crippen MR) is 80.9 cm³/mol. The topological polar surface area (TPSA) is 75.6 Å². The molecule has 108 valence electrons. The lowest BCUT2D eigenvalue weighted by Crippen LogP contribution is -2.19. The maximum absolute atomic E-state index is 12.0.